The molecule has 2 fully saturated rings. The van der Waals surface area contributed by atoms with Crippen molar-refractivity contribution in [2.75, 3.05) is 6.61 Å². The van der Waals surface area contributed by atoms with Gasteiger partial charge >= 0.3 is 5.97 Å². The number of ether oxygens (including phenoxy) is 3. The van der Waals surface area contributed by atoms with E-state index in [-0.39, 0.29) is 30.9 Å². The molecule has 1 aromatic carbocycles. The van der Waals surface area contributed by atoms with Gasteiger partial charge in [-0.25, -0.2) is 0 Å². The molecule has 0 radical (unpaired) electrons. The van der Waals surface area contributed by atoms with Gasteiger partial charge in [-0.3, -0.25) is 4.79 Å². The van der Waals surface area contributed by atoms with Gasteiger partial charge in [-0.1, -0.05) is 30.3 Å². The van der Waals surface area contributed by atoms with Gasteiger partial charge in [0.2, 0.25) is 0 Å². The second-order valence-electron chi connectivity index (χ2n) is 3.98. The van der Waals surface area contributed by atoms with Crippen LogP contribution in [-0.2, 0) is 19.0 Å². The number of carbonyl (C=O) groups is 1. The molecule has 0 aliphatic carbocycles. The Morgan fingerprint density at radius 3 is 2.62 bits per heavy atom. The molecule has 0 spiro atoms. The van der Waals surface area contributed by atoms with E-state index in [1.165, 1.54) is 0 Å². The molecular weight excluding hydrogens is 208 g/mol. The van der Waals surface area contributed by atoms with E-state index in [0.29, 0.717) is 6.61 Å². The van der Waals surface area contributed by atoms with Crippen LogP contribution in [-0.4, -0.2) is 24.8 Å². The van der Waals surface area contributed by atoms with Crippen molar-refractivity contribution in [3.63, 3.8) is 0 Å². The van der Waals surface area contributed by atoms with Gasteiger partial charge in [0.25, 0.3) is 0 Å². The minimum absolute atomic E-state index is 0.122. The first-order valence-corrected chi connectivity index (χ1v) is 5.34. The molecule has 3 unspecified atom stereocenters. The Morgan fingerprint density at radius 2 is 1.81 bits per heavy atom. The molecule has 3 rings (SSSR count). The van der Waals surface area contributed by atoms with E-state index in [0.717, 1.165) is 5.56 Å². The van der Waals surface area contributed by atoms with E-state index in [9.17, 15) is 4.79 Å². The van der Waals surface area contributed by atoms with Crippen molar-refractivity contribution in [1.29, 1.82) is 0 Å². The summed E-state index contributed by atoms with van der Waals surface area (Å²) in [6.07, 6.45) is -0.367. The lowest BCUT2D eigenvalue weighted by atomic mass is 10.1. The number of carbonyl (C=O) groups excluding carboxylic acids is 1. The Labute approximate surface area is 93.1 Å². The lowest BCUT2D eigenvalue weighted by molar-refractivity contribution is -0.154. The lowest BCUT2D eigenvalue weighted by Gasteiger charge is -2.20. The highest BCUT2D eigenvalue weighted by atomic mass is 16.7. The summed E-state index contributed by atoms with van der Waals surface area (Å²) >= 11 is 0. The van der Waals surface area contributed by atoms with Gasteiger partial charge in [0.1, 0.15) is 18.8 Å². The van der Waals surface area contributed by atoms with Crippen LogP contribution in [0.25, 0.3) is 0 Å². The predicted octanol–water partition coefficient (Wildman–Crippen LogP) is 1.42. The topological polar surface area (TPSA) is 44.8 Å². The highest BCUT2D eigenvalue weighted by molar-refractivity contribution is 5.71. The largest absolute Gasteiger partial charge is 0.463 e. The minimum Gasteiger partial charge on any atom is -0.463 e. The van der Waals surface area contributed by atoms with Crippen molar-refractivity contribution < 1.29 is 19.0 Å². The first kappa shape index (κ1) is 9.81. The van der Waals surface area contributed by atoms with Crippen LogP contribution < -0.4 is 0 Å². The quantitative estimate of drug-likeness (QED) is 0.671. The molecule has 4 nitrogen and oxygen atoms in total. The Kier molecular flexibility index (Phi) is 2.38. The van der Waals surface area contributed by atoms with Gasteiger partial charge < -0.3 is 14.2 Å². The maximum absolute atomic E-state index is 11.1. The fourth-order valence-electron chi connectivity index (χ4n) is 2.02. The van der Waals surface area contributed by atoms with E-state index >= 15 is 0 Å². The van der Waals surface area contributed by atoms with Gasteiger partial charge in [0, 0.05) is 5.56 Å². The molecule has 2 aliphatic heterocycles. The molecular formula is C12H12O4. The third-order valence-electron chi connectivity index (χ3n) is 2.86. The van der Waals surface area contributed by atoms with Crippen molar-refractivity contribution in [2.45, 2.75) is 24.9 Å². The monoisotopic (exact) mass is 220 g/mol. The van der Waals surface area contributed by atoms with Crippen LogP contribution in [0.3, 0.4) is 0 Å². The molecule has 84 valence electrons. The Balaban J connectivity index is 1.75. The highest BCUT2D eigenvalue weighted by Crippen LogP contribution is 2.34. The zero-order valence-electron chi connectivity index (χ0n) is 8.67. The van der Waals surface area contributed by atoms with Crippen LogP contribution in [0.4, 0.5) is 0 Å². The molecule has 4 heteroatoms. The van der Waals surface area contributed by atoms with Crippen molar-refractivity contribution >= 4 is 5.97 Å². The average Bonchev–Trinajstić information content (AvgIpc) is 2.73. The fraction of sp³-hybridized carbons (Fsp3) is 0.417. The molecule has 16 heavy (non-hydrogen) atoms. The second-order valence-corrected chi connectivity index (χ2v) is 3.98. The fourth-order valence-corrected chi connectivity index (χ4v) is 2.02. The van der Waals surface area contributed by atoms with E-state index in [1.54, 1.807) is 0 Å². The normalized spacial score (nSPS) is 33.2. The minimum atomic E-state index is -0.370. The molecule has 0 bridgehead atoms. The number of hydrogen-bond acceptors (Lipinski definition) is 4. The van der Waals surface area contributed by atoms with Crippen molar-refractivity contribution in [1.82, 2.24) is 0 Å². The molecule has 2 saturated heterocycles. The second kappa shape index (κ2) is 3.88. The van der Waals surface area contributed by atoms with Gasteiger partial charge in [-0.05, 0) is 0 Å². The molecule has 1 aromatic rings. The summed E-state index contributed by atoms with van der Waals surface area (Å²) in [5, 5.41) is 0. The molecule has 2 aliphatic rings. The first-order valence-electron chi connectivity index (χ1n) is 5.34. The van der Waals surface area contributed by atoms with E-state index in [2.05, 4.69) is 0 Å². The van der Waals surface area contributed by atoms with Gasteiger partial charge in [0.15, 0.2) is 6.29 Å². The summed E-state index contributed by atoms with van der Waals surface area (Å²) in [6, 6.07) is 9.71. The number of fused-ring (bicyclic) bond motifs is 1. The molecule has 2 heterocycles. The van der Waals surface area contributed by atoms with E-state index < -0.39 is 0 Å². The van der Waals surface area contributed by atoms with Crippen molar-refractivity contribution in [2.24, 2.45) is 0 Å². The summed E-state index contributed by atoms with van der Waals surface area (Å²) in [7, 11) is 0. The summed E-state index contributed by atoms with van der Waals surface area (Å²) in [5.41, 5.74) is 0.976. The van der Waals surface area contributed by atoms with Crippen LogP contribution in [0, 0.1) is 0 Å². The van der Waals surface area contributed by atoms with E-state index in [1.807, 2.05) is 30.3 Å². The predicted molar refractivity (Wildman–Crippen MR) is 54.5 cm³/mol. The Hall–Kier alpha value is -1.39. The maximum atomic E-state index is 11.1. The smallest absolute Gasteiger partial charge is 0.308 e. The molecule has 0 amide bonds. The maximum Gasteiger partial charge on any atom is 0.308 e. The summed E-state index contributed by atoms with van der Waals surface area (Å²) in [5.74, 6) is -0.210. The van der Waals surface area contributed by atoms with E-state index in [4.69, 9.17) is 14.2 Å². The van der Waals surface area contributed by atoms with Crippen molar-refractivity contribution in [3.05, 3.63) is 35.9 Å². The van der Waals surface area contributed by atoms with Crippen molar-refractivity contribution in [3.8, 4) is 0 Å². The van der Waals surface area contributed by atoms with Gasteiger partial charge in [-0.2, -0.15) is 0 Å². The Bertz CT molecular complexity index is 389. The Morgan fingerprint density at radius 1 is 1.06 bits per heavy atom. The average molecular weight is 220 g/mol. The zero-order chi connectivity index (χ0) is 11.0. The molecule has 3 atom stereocenters. The summed E-state index contributed by atoms with van der Waals surface area (Å²) in [6.45, 7) is 0.298. The standard InChI is InChI=1S/C12H12O4/c13-11-6-9-10(7-14-11)16-12(15-9)8-4-2-1-3-5-8/h1-5,9-10,12H,6-7H2. The number of esters is 1. The number of hydrogen-bond donors (Lipinski definition) is 0. The molecule has 0 saturated carbocycles. The molecule has 0 N–H and O–H groups in total. The number of cyclic esters (lactones) is 1. The molecule has 0 aromatic heterocycles. The third kappa shape index (κ3) is 1.70. The van der Waals surface area contributed by atoms with Crippen LogP contribution in [0.15, 0.2) is 30.3 Å². The number of benzene rings is 1. The van der Waals surface area contributed by atoms with Gasteiger partial charge in [0.05, 0.1) is 6.42 Å². The van der Waals surface area contributed by atoms with Crippen LogP contribution >= 0.6 is 0 Å². The third-order valence-corrected chi connectivity index (χ3v) is 2.86. The highest BCUT2D eigenvalue weighted by Gasteiger charge is 2.41. The summed E-state index contributed by atoms with van der Waals surface area (Å²) < 4.78 is 16.3. The summed E-state index contributed by atoms with van der Waals surface area (Å²) in [4.78, 5) is 11.1. The van der Waals surface area contributed by atoms with Gasteiger partial charge in [-0.15, -0.1) is 0 Å². The van der Waals surface area contributed by atoms with Crippen LogP contribution in [0.5, 0.6) is 0 Å². The lowest BCUT2D eigenvalue weighted by Crippen LogP contribution is -2.36. The SMILES string of the molecule is O=C1CC2OC(c3ccccc3)OC2CO1. The van der Waals surface area contributed by atoms with Crippen LogP contribution in [0.1, 0.15) is 18.3 Å². The zero-order valence-corrected chi connectivity index (χ0v) is 8.67. The number of rotatable bonds is 1. The van der Waals surface area contributed by atoms with Crippen LogP contribution in [0.2, 0.25) is 0 Å². The first-order chi connectivity index (χ1) is 7.83.